The van der Waals surface area contributed by atoms with Gasteiger partial charge in [-0.15, -0.1) is 0 Å². The standard InChI is InChI=1S/C19H15ClFNO4/c20-15-3-1-2-4-17(15)26-14-10-18(23)22(11-14)16(19(24)25)9-12-5-7-13(21)8-6-12/h1-8,10,16H,9,11H2,(H,24,25). The first-order valence-corrected chi connectivity index (χ1v) is 8.22. The van der Waals surface area contributed by atoms with Gasteiger partial charge in [0.15, 0.2) is 0 Å². The van der Waals surface area contributed by atoms with Gasteiger partial charge in [-0.05, 0) is 29.8 Å². The highest BCUT2D eigenvalue weighted by atomic mass is 35.5. The molecule has 1 aliphatic rings. The van der Waals surface area contributed by atoms with E-state index in [0.29, 0.717) is 22.1 Å². The minimum absolute atomic E-state index is 0.0161. The molecule has 1 heterocycles. The van der Waals surface area contributed by atoms with E-state index >= 15 is 0 Å². The Bertz CT molecular complexity index is 866. The number of carboxylic acid groups (broad SMARTS) is 1. The Balaban J connectivity index is 1.73. The molecule has 1 N–H and O–H groups in total. The van der Waals surface area contributed by atoms with E-state index in [2.05, 4.69) is 0 Å². The number of carbonyl (C=O) groups is 2. The molecule has 1 aliphatic heterocycles. The van der Waals surface area contributed by atoms with Gasteiger partial charge >= 0.3 is 5.97 Å². The molecule has 1 atom stereocenters. The van der Waals surface area contributed by atoms with E-state index in [1.54, 1.807) is 24.3 Å². The second-order valence-electron chi connectivity index (χ2n) is 5.79. The van der Waals surface area contributed by atoms with Crippen LogP contribution in [0.3, 0.4) is 0 Å². The zero-order chi connectivity index (χ0) is 18.7. The van der Waals surface area contributed by atoms with Gasteiger partial charge in [-0.1, -0.05) is 35.9 Å². The summed E-state index contributed by atoms with van der Waals surface area (Å²) in [7, 11) is 0. The van der Waals surface area contributed by atoms with Crippen molar-refractivity contribution in [2.24, 2.45) is 0 Å². The predicted molar refractivity (Wildman–Crippen MR) is 93.4 cm³/mol. The summed E-state index contributed by atoms with van der Waals surface area (Å²) >= 11 is 6.03. The van der Waals surface area contributed by atoms with Crippen molar-refractivity contribution in [3.8, 4) is 5.75 Å². The minimum Gasteiger partial charge on any atom is -0.480 e. The first-order valence-electron chi connectivity index (χ1n) is 7.85. The lowest BCUT2D eigenvalue weighted by Crippen LogP contribution is -2.44. The molecule has 0 aliphatic carbocycles. The lowest BCUT2D eigenvalue weighted by molar-refractivity contribution is -0.147. The van der Waals surface area contributed by atoms with Crippen LogP contribution in [0.25, 0.3) is 0 Å². The van der Waals surface area contributed by atoms with Crippen molar-refractivity contribution >= 4 is 23.5 Å². The van der Waals surface area contributed by atoms with Gasteiger partial charge in [0.25, 0.3) is 5.91 Å². The third-order valence-corrected chi connectivity index (χ3v) is 4.29. The third kappa shape index (κ3) is 4.03. The summed E-state index contributed by atoms with van der Waals surface area (Å²) in [6.45, 7) is 0.0161. The molecule has 2 aromatic carbocycles. The van der Waals surface area contributed by atoms with Crippen LogP contribution in [-0.2, 0) is 16.0 Å². The van der Waals surface area contributed by atoms with Gasteiger partial charge in [0.05, 0.1) is 11.6 Å². The Morgan fingerprint density at radius 1 is 1.23 bits per heavy atom. The molecule has 0 saturated heterocycles. The average molecular weight is 376 g/mol. The van der Waals surface area contributed by atoms with Gasteiger partial charge in [-0.2, -0.15) is 0 Å². The molecular weight excluding hydrogens is 361 g/mol. The number of hydrogen-bond donors (Lipinski definition) is 1. The summed E-state index contributed by atoms with van der Waals surface area (Å²) in [5.74, 6) is -1.31. The summed E-state index contributed by atoms with van der Waals surface area (Å²) < 4.78 is 18.6. The highest BCUT2D eigenvalue weighted by molar-refractivity contribution is 6.32. The Morgan fingerprint density at radius 3 is 2.58 bits per heavy atom. The Morgan fingerprint density at radius 2 is 1.92 bits per heavy atom. The van der Waals surface area contributed by atoms with E-state index in [-0.39, 0.29) is 13.0 Å². The fraction of sp³-hybridized carbons (Fsp3) is 0.158. The van der Waals surface area contributed by atoms with E-state index in [9.17, 15) is 19.1 Å². The zero-order valence-electron chi connectivity index (χ0n) is 13.6. The molecule has 0 aromatic heterocycles. The summed E-state index contributed by atoms with van der Waals surface area (Å²) in [6, 6.07) is 11.2. The van der Waals surface area contributed by atoms with Crippen LogP contribution in [0, 0.1) is 5.82 Å². The largest absolute Gasteiger partial charge is 0.480 e. The number of benzene rings is 2. The van der Waals surface area contributed by atoms with Crippen molar-refractivity contribution in [3.05, 3.63) is 76.8 Å². The average Bonchev–Trinajstić information content (AvgIpc) is 2.96. The van der Waals surface area contributed by atoms with Crippen molar-refractivity contribution in [3.63, 3.8) is 0 Å². The number of ether oxygens (including phenoxy) is 1. The van der Waals surface area contributed by atoms with Gasteiger partial charge < -0.3 is 14.7 Å². The predicted octanol–water partition coefficient (Wildman–Crippen LogP) is 3.28. The fourth-order valence-corrected chi connectivity index (χ4v) is 2.86. The van der Waals surface area contributed by atoms with Crippen LogP contribution in [0.5, 0.6) is 5.75 Å². The molecule has 0 radical (unpaired) electrons. The number of para-hydroxylation sites is 1. The van der Waals surface area contributed by atoms with E-state index < -0.39 is 23.7 Å². The summed E-state index contributed by atoms with van der Waals surface area (Å²) in [5.41, 5.74) is 0.618. The fourth-order valence-electron chi connectivity index (χ4n) is 2.68. The molecule has 134 valence electrons. The minimum atomic E-state index is -1.14. The maximum atomic E-state index is 13.0. The summed E-state index contributed by atoms with van der Waals surface area (Å²) in [6.07, 6.45) is 1.32. The van der Waals surface area contributed by atoms with Crippen LogP contribution in [0.2, 0.25) is 5.02 Å². The zero-order valence-corrected chi connectivity index (χ0v) is 14.3. The van der Waals surface area contributed by atoms with E-state index in [4.69, 9.17) is 16.3 Å². The smallest absolute Gasteiger partial charge is 0.326 e. The molecule has 2 aromatic rings. The van der Waals surface area contributed by atoms with Crippen molar-refractivity contribution in [2.45, 2.75) is 12.5 Å². The van der Waals surface area contributed by atoms with Crippen LogP contribution in [0.1, 0.15) is 5.56 Å². The first-order chi connectivity index (χ1) is 12.4. The van der Waals surface area contributed by atoms with Gasteiger partial charge in [0.1, 0.15) is 23.4 Å². The Labute approximate surface area is 154 Å². The SMILES string of the molecule is O=C(O)C(Cc1ccc(F)cc1)N1CC(Oc2ccccc2Cl)=CC1=O. The van der Waals surface area contributed by atoms with Gasteiger partial charge in [-0.3, -0.25) is 4.79 Å². The molecule has 5 nitrogen and oxygen atoms in total. The molecule has 0 fully saturated rings. The lowest BCUT2D eigenvalue weighted by atomic mass is 10.0. The Kier molecular flexibility index (Phi) is 5.23. The highest BCUT2D eigenvalue weighted by Crippen LogP contribution is 2.27. The van der Waals surface area contributed by atoms with Crippen LogP contribution >= 0.6 is 11.6 Å². The molecule has 0 bridgehead atoms. The van der Waals surface area contributed by atoms with E-state index in [1.807, 2.05) is 0 Å². The summed E-state index contributed by atoms with van der Waals surface area (Å²) in [5, 5.41) is 9.92. The number of carboxylic acids is 1. The number of amides is 1. The molecule has 3 rings (SSSR count). The van der Waals surface area contributed by atoms with Crippen LogP contribution in [-0.4, -0.2) is 34.5 Å². The number of carbonyl (C=O) groups excluding carboxylic acids is 1. The van der Waals surface area contributed by atoms with E-state index in [1.165, 1.54) is 35.2 Å². The maximum Gasteiger partial charge on any atom is 0.326 e. The van der Waals surface area contributed by atoms with Crippen molar-refractivity contribution in [1.29, 1.82) is 0 Å². The van der Waals surface area contributed by atoms with Crippen LogP contribution in [0.15, 0.2) is 60.4 Å². The number of hydrogen-bond acceptors (Lipinski definition) is 3. The molecule has 26 heavy (non-hydrogen) atoms. The molecule has 7 heteroatoms. The van der Waals surface area contributed by atoms with Crippen molar-refractivity contribution in [1.82, 2.24) is 4.90 Å². The van der Waals surface area contributed by atoms with E-state index in [0.717, 1.165) is 0 Å². The topological polar surface area (TPSA) is 66.8 Å². The molecule has 0 spiro atoms. The van der Waals surface area contributed by atoms with Crippen LogP contribution in [0.4, 0.5) is 4.39 Å². The second kappa shape index (κ2) is 7.58. The first kappa shape index (κ1) is 17.9. The molecular formula is C19H15ClFNO4. The molecule has 0 saturated carbocycles. The molecule has 1 unspecified atom stereocenters. The van der Waals surface area contributed by atoms with Gasteiger partial charge in [-0.25, -0.2) is 9.18 Å². The second-order valence-corrected chi connectivity index (χ2v) is 6.20. The monoisotopic (exact) mass is 375 g/mol. The Hall–Kier alpha value is -2.86. The number of nitrogens with zero attached hydrogens (tertiary/aromatic N) is 1. The van der Waals surface area contributed by atoms with Gasteiger partial charge in [0, 0.05) is 12.5 Å². The number of rotatable bonds is 6. The van der Waals surface area contributed by atoms with Gasteiger partial charge in [0.2, 0.25) is 0 Å². The molecule has 1 amide bonds. The van der Waals surface area contributed by atoms with Crippen LogP contribution < -0.4 is 4.74 Å². The maximum absolute atomic E-state index is 13.0. The third-order valence-electron chi connectivity index (χ3n) is 3.98. The number of aliphatic carboxylic acids is 1. The number of halogens is 2. The quantitative estimate of drug-likeness (QED) is 0.841. The lowest BCUT2D eigenvalue weighted by Gasteiger charge is -2.24. The van der Waals surface area contributed by atoms with Crippen molar-refractivity contribution in [2.75, 3.05) is 6.54 Å². The summed E-state index contributed by atoms with van der Waals surface area (Å²) in [4.78, 5) is 25.1. The normalized spacial score (nSPS) is 14.9. The highest BCUT2D eigenvalue weighted by Gasteiger charge is 2.34. The van der Waals surface area contributed by atoms with Crippen molar-refractivity contribution < 1.29 is 23.8 Å².